The zero-order chi connectivity index (χ0) is 28.2. The van der Waals surface area contributed by atoms with Gasteiger partial charge in [0.1, 0.15) is 16.6 Å². The molecule has 1 saturated heterocycles. The van der Waals surface area contributed by atoms with Crippen LogP contribution in [0.15, 0.2) is 64.2 Å². The first-order valence-corrected chi connectivity index (χ1v) is 15.5. The van der Waals surface area contributed by atoms with Crippen molar-refractivity contribution in [3.05, 3.63) is 60.5 Å². The van der Waals surface area contributed by atoms with Crippen molar-refractivity contribution < 1.29 is 27.5 Å². The smallest absolute Gasteiger partial charge is 0.287 e. The van der Waals surface area contributed by atoms with E-state index in [0.717, 1.165) is 17.1 Å². The van der Waals surface area contributed by atoms with Gasteiger partial charge in [-0.1, -0.05) is 38.1 Å². The van der Waals surface area contributed by atoms with Crippen LogP contribution in [0.4, 0.5) is 0 Å². The van der Waals surface area contributed by atoms with E-state index in [0.29, 0.717) is 24.8 Å². The number of nitrogens with zero attached hydrogens (tertiary/aromatic N) is 2. The van der Waals surface area contributed by atoms with Crippen LogP contribution >= 0.6 is 11.8 Å². The molecule has 0 spiro atoms. The monoisotopic (exact) mass is 574 g/mol. The predicted octanol–water partition coefficient (Wildman–Crippen LogP) is 2.99. The molecule has 3 N–H and O–H groups in total. The molecule has 3 aromatic rings. The predicted molar refractivity (Wildman–Crippen MR) is 150 cm³/mol. The Morgan fingerprint density at radius 2 is 1.97 bits per heavy atom. The number of furan rings is 1. The molecular formula is C27H34N4O6S2. The zero-order valence-electron chi connectivity index (χ0n) is 22.2. The van der Waals surface area contributed by atoms with Crippen LogP contribution in [0, 0.1) is 5.92 Å². The molecule has 1 aromatic carbocycles. The van der Waals surface area contributed by atoms with Crippen LogP contribution in [0.3, 0.4) is 0 Å². The molecule has 10 nitrogen and oxygen atoms in total. The van der Waals surface area contributed by atoms with E-state index in [4.69, 9.17) is 4.42 Å². The molecule has 39 heavy (non-hydrogen) atoms. The molecule has 0 saturated carbocycles. The third-order valence-electron chi connectivity index (χ3n) is 6.74. The third kappa shape index (κ3) is 6.63. The topological polar surface area (TPSA) is 142 Å². The minimum absolute atomic E-state index is 0.0873. The van der Waals surface area contributed by atoms with Crippen molar-refractivity contribution in [3.63, 3.8) is 0 Å². The molecule has 3 atom stereocenters. The number of thioether (sulfide) groups is 1. The maximum absolute atomic E-state index is 13.5. The second-order valence-corrected chi connectivity index (χ2v) is 13.1. The van der Waals surface area contributed by atoms with E-state index < -0.39 is 38.9 Å². The number of para-hydroxylation sites is 1. The highest BCUT2D eigenvalue weighted by molar-refractivity contribution is 7.99. The van der Waals surface area contributed by atoms with E-state index in [1.54, 1.807) is 30.5 Å². The van der Waals surface area contributed by atoms with E-state index in [1.165, 1.54) is 16.6 Å². The van der Waals surface area contributed by atoms with E-state index in [9.17, 15) is 23.1 Å². The average molecular weight is 575 g/mol. The first-order chi connectivity index (χ1) is 18.5. The van der Waals surface area contributed by atoms with Gasteiger partial charge in [0.15, 0.2) is 10.8 Å². The molecule has 1 aliphatic rings. The number of hydrogen-bond donors (Lipinski definition) is 3. The number of amides is 2. The van der Waals surface area contributed by atoms with Crippen LogP contribution in [0.5, 0.6) is 0 Å². The quantitative estimate of drug-likeness (QED) is 0.331. The summed E-state index contributed by atoms with van der Waals surface area (Å²) in [4.78, 5) is 28.9. The number of sulfonamides is 1. The van der Waals surface area contributed by atoms with Crippen molar-refractivity contribution in [2.45, 2.75) is 55.2 Å². The number of fused-ring (bicyclic) bond motifs is 1. The summed E-state index contributed by atoms with van der Waals surface area (Å²) in [5.74, 6) is -0.778. The molecule has 0 unspecified atom stereocenters. The molecule has 1 fully saturated rings. The largest absolute Gasteiger partial charge is 0.451 e. The van der Waals surface area contributed by atoms with Crippen molar-refractivity contribution in [1.82, 2.24) is 19.9 Å². The maximum Gasteiger partial charge on any atom is 0.287 e. The molecule has 0 radical (unpaired) electrons. The van der Waals surface area contributed by atoms with E-state index in [2.05, 4.69) is 15.6 Å². The average Bonchev–Trinajstić information content (AvgIpc) is 3.28. The summed E-state index contributed by atoms with van der Waals surface area (Å²) in [5, 5.41) is 17.9. The number of β-amino-alcohol motifs (C(OH)–C–C–N with tert-alkyl or cyclic N) is 1. The van der Waals surface area contributed by atoms with Gasteiger partial charge in [0.05, 0.1) is 12.6 Å². The molecule has 4 rings (SSSR count). The Kier molecular flexibility index (Phi) is 9.00. The minimum Gasteiger partial charge on any atom is -0.451 e. The van der Waals surface area contributed by atoms with Gasteiger partial charge in [-0.2, -0.15) is 4.31 Å². The van der Waals surface area contributed by atoms with Crippen molar-refractivity contribution >= 4 is 44.6 Å². The number of aromatic nitrogens is 1. The van der Waals surface area contributed by atoms with Crippen LogP contribution < -0.4 is 10.6 Å². The van der Waals surface area contributed by atoms with Crippen molar-refractivity contribution in [1.29, 1.82) is 0 Å². The van der Waals surface area contributed by atoms with Gasteiger partial charge in [0, 0.05) is 18.1 Å². The second-order valence-electron chi connectivity index (χ2n) is 10.1. The number of aliphatic hydroxyl groups is 1. The Morgan fingerprint density at radius 3 is 2.64 bits per heavy atom. The summed E-state index contributed by atoms with van der Waals surface area (Å²) >= 11 is 1.08. The van der Waals surface area contributed by atoms with Crippen LogP contribution in [0.2, 0.25) is 0 Å². The Bertz CT molecular complexity index is 1380. The molecular weight excluding hydrogens is 540 g/mol. The maximum atomic E-state index is 13.5. The van der Waals surface area contributed by atoms with Gasteiger partial charge in [-0.15, -0.1) is 11.8 Å². The van der Waals surface area contributed by atoms with Gasteiger partial charge in [-0.25, -0.2) is 13.4 Å². The standard InChI is InChI=1S/C27H34N4O6S2/c1-18(2)15-20(29-26(33)22-16-19-9-4-5-10-21(19)37-22)25(32)30-23-11-8-14-31(17-27(23,34)38-3)39(35,36)24-12-6-7-13-28-24/h4-7,9-10,12-13,16,18,20,23,34H,8,11,14-15,17H2,1-3H3,(H,29,33)(H,30,32)/t20-,23-,27+/m0/s1. The number of pyridine rings is 1. The first kappa shape index (κ1) is 29.1. The summed E-state index contributed by atoms with van der Waals surface area (Å²) in [6, 6.07) is 11.9. The van der Waals surface area contributed by atoms with Gasteiger partial charge in [0.2, 0.25) is 5.91 Å². The molecule has 2 aromatic heterocycles. The third-order valence-corrected chi connectivity index (χ3v) is 9.62. The number of carbonyl (C=O) groups is 2. The molecule has 210 valence electrons. The van der Waals surface area contributed by atoms with Gasteiger partial charge < -0.3 is 20.2 Å². The summed E-state index contributed by atoms with van der Waals surface area (Å²) < 4.78 is 33.3. The Hall–Kier alpha value is -2.93. The van der Waals surface area contributed by atoms with Crippen LogP contribution in [-0.2, 0) is 14.8 Å². The number of carbonyl (C=O) groups excluding carboxylic acids is 2. The molecule has 0 aliphatic carbocycles. The fraction of sp³-hybridized carbons (Fsp3) is 0.444. The SMILES string of the molecule is CS[C@]1(O)CN(S(=O)(=O)c2ccccn2)CCC[C@@H]1NC(=O)[C@H](CC(C)C)NC(=O)c1cc2ccccc2o1. The molecule has 3 heterocycles. The van der Waals surface area contributed by atoms with Crippen LogP contribution in [0.25, 0.3) is 11.0 Å². The van der Waals surface area contributed by atoms with Gasteiger partial charge in [-0.3, -0.25) is 9.59 Å². The van der Waals surface area contributed by atoms with Crippen molar-refractivity contribution in [2.75, 3.05) is 19.3 Å². The Morgan fingerprint density at radius 1 is 1.23 bits per heavy atom. The van der Waals surface area contributed by atoms with E-state index in [-0.39, 0.29) is 29.8 Å². The highest BCUT2D eigenvalue weighted by atomic mass is 32.2. The number of hydrogen-bond acceptors (Lipinski definition) is 8. The summed E-state index contributed by atoms with van der Waals surface area (Å²) in [5.41, 5.74) is 0.571. The number of benzene rings is 1. The summed E-state index contributed by atoms with van der Waals surface area (Å²) in [6.07, 6.45) is 4.21. The Labute approximate surface area is 232 Å². The molecule has 0 bridgehead atoms. The highest BCUT2D eigenvalue weighted by Gasteiger charge is 2.44. The minimum atomic E-state index is -3.94. The van der Waals surface area contributed by atoms with Gasteiger partial charge >= 0.3 is 0 Å². The van der Waals surface area contributed by atoms with Crippen molar-refractivity contribution in [3.8, 4) is 0 Å². The lowest BCUT2D eigenvalue weighted by atomic mass is 10.0. The first-order valence-electron chi connectivity index (χ1n) is 12.8. The van der Waals surface area contributed by atoms with Crippen molar-refractivity contribution in [2.24, 2.45) is 5.92 Å². The lowest BCUT2D eigenvalue weighted by molar-refractivity contribution is -0.125. The second kappa shape index (κ2) is 12.1. The van der Waals surface area contributed by atoms with E-state index in [1.807, 2.05) is 32.0 Å². The summed E-state index contributed by atoms with van der Waals surface area (Å²) in [6.45, 7) is 3.83. The van der Waals surface area contributed by atoms with E-state index >= 15 is 0 Å². The lowest BCUT2D eigenvalue weighted by Gasteiger charge is -2.36. The fourth-order valence-corrected chi connectivity index (χ4v) is 6.94. The Balaban J connectivity index is 1.50. The molecule has 12 heteroatoms. The highest BCUT2D eigenvalue weighted by Crippen LogP contribution is 2.33. The molecule has 2 amide bonds. The van der Waals surface area contributed by atoms with Crippen LogP contribution in [0.1, 0.15) is 43.7 Å². The number of rotatable bonds is 9. The van der Waals surface area contributed by atoms with Gasteiger partial charge in [0.25, 0.3) is 15.9 Å². The number of nitrogens with one attached hydrogen (secondary N) is 2. The summed E-state index contributed by atoms with van der Waals surface area (Å²) in [7, 11) is -3.94. The normalized spacial score (nSPS) is 21.4. The molecule has 1 aliphatic heterocycles. The van der Waals surface area contributed by atoms with Crippen LogP contribution in [-0.4, -0.2) is 71.0 Å². The zero-order valence-corrected chi connectivity index (χ0v) is 23.8. The van der Waals surface area contributed by atoms with Gasteiger partial charge in [-0.05, 0) is 55.7 Å². The lowest BCUT2D eigenvalue weighted by Crippen LogP contribution is -2.58. The fourth-order valence-electron chi connectivity index (χ4n) is 4.67.